The first-order valence-electron chi connectivity index (χ1n) is 10.6. The van der Waals surface area contributed by atoms with Crippen molar-refractivity contribution in [3.63, 3.8) is 0 Å². The first-order chi connectivity index (χ1) is 13.4. The average Bonchev–Trinajstić information content (AvgIpc) is 3.21. The van der Waals surface area contributed by atoms with Crippen LogP contribution in [-0.4, -0.2) is 47.4 Å². The van der Waals surface area contributed by atoms with Gasteiger partial charge in [-0.15, -0.1) is 0 Å². The van der Waals surface area contributed by atoms with E-state index >= 15 is 0 Å². The SMILES string of the molecule is O=C(Cc1ccc(C(F)(F)F)cc1)N1CCCC2CCCC(N3CCCC3)C21. The average molecular weight is 394 g/mol. The fourth-order valence-corrected chi connectivity index (χ4v) is 5.55. The lowest BCUT2D eigenvalue weighted by Crippen LogP contribution is -2.60. The van der Waals surface area contributed by atoms with E-state index in [4.69, 9.17) is 0 Å². The fourth-order valence-electron chi connectivity index (χ4n) is 5.55. The summed E-state index contributed by atoms with van der Waals surface area (Å²) in [7, 11) is 0. The number of carbonyl (C=O) groups is 1. The molecule has 3 unspecified atom stereocenters. The zero-order valence-electron chi connectivity index (χ0n) is 16.3. The van der Waals surface area contributed by atoms with Gasteiger partial charge in [0.2, 0.25) is 5.91 Å². The quantitative estimate of drug-likeness (QED) is 0.753. The monoisotopic (exact) mass is 394 g/mol. The van der Waals surface area contributed by atoms with Crippen molar-refractivity contribution in [2.75, 3.05) is 19.6 Å². The minimum Gasteiger partial charge on any atom is -0.338 e. The van der Waals surface area contributed by atoms with Crippen LogP contribution in [-0.2, 0) is 17.4 Å². The van der Waals surface area contributed by atoms with E-state index in [1.54, 1.807) is 0 Å². The number of likely N-dealkylation sites (tertiary alicyclic amines) is 2. The van der Waals surface area contributed by atoms with Gasteiger partial charge < -0.3 is 4.90 Å². The number of halogens is 3. The van der Waals surface area contributed by atoms with E-state index in [9.17, 15) is 18.0 Å². The first-order valence-corrected chi connectivity index (χ1v) is 10.6. The molecule has 28 heavy (non-hydrogen) atoms. The molecule has 1 aromatic rings. The summed E-state index contributed by atoms with van der Waals surface area (Å²) >= 11 is 0. The lowest BCUT2D eigenvalue weighted by atomic mass is 9.74. The third kappa shape index (κ3) is 4.07. The van der Waals surface area contributed by atoms with Crippen molar-refractivity contribution in [1.29, 1.82) is 0 Å². The molecule has 2 saturated heterocycles. The minimum absolute atomic E-state index is 0.0700. The second-order valence-corrected chi connectivity index (χ2v) is 8.59. The van der Waals surface area contributed by atoms with Crippen LogP contribution in [0, 0.1) is 5.92 Å². The fraction of sp³-hybridized carbons (Fsp3) is 0.682. The molecule has 3 aliphatic rings. The lowest BCUT2D eigenvalue weighted by Gasteiger charge is -2.51. The standard InChI is InChI=1S/C22H29F3N2O/c23-22(24,25)18-10-8-16(9-11-18)15-20(28)27-14-4-6-17-5-3-7-19(21(17)27)26-12-1-2-13-26/h8-11,17,19,21H,1-7,12-15H2. The summed E-state index contributed by atoms with van der Waals surface area (Å²) in [6.07, 6.45) is 4.15. The summed E-state index contributed by atoms with van der Waals surface area (Å²) in [5.41, 5.74) is -0.00299. The van der Waals surface area contributed by atoms with E-state index in [0.717, 1.165) is 44.6 Å². The molecule has 6 heteroatoms. The summed E-state index contributed by atoms with van der Waals surface area (Å²) in [6, 6.07) is 5.78. The molecule has 1 aliphatic carbocycles. The van der Waals surface area contributed by atoms with E-state index in [0.29, 0.717) is 17.5 Å². The third-order valence-electron chi connectivity index (χ3n) is 6.85. The Morgan fingerprint density at radius 2 is 1.61 bits per heavy atom. The summed E-state index contributed by atoms with van der Waals surface area (Å²) < 4.78 is 38.3. The number of alkyl halides is 3. The van der Waals surface area contributed by atoms with Gasteiger partial charge in [-0.3, -0.25) is 9.69 Å². The second kappa shape index (κ2) is 8.05. The van der Waals surface area contributed by atoms with Crippen molar-refractivity contribution >= 4 is 5.91 Å². The Morgan fingerprint density at radius 3 is 2.29 bits per heavy atom. The molecular formula is C22H29F3N2O. The molecule has 1 saturated carbocycles. The molecule has 0 radical (unpaired) electrons. The van der Waals surface area contributed by atoms with Crippen molar-refractivity contribution in [2.45, 2.75) is 69.6 Å². The molecule has 3 atom stereocenters. The van der Waals surface area contributed by atoms with Crippen LogP contribution in [0.4, 0.5) is 13.2 Å². The Morgan fingerprint density at radius 1 is 0.929 bits per heavy atom. The zero-order chi connectivity index (χ0) is 19.7. The van der Waals surface area contributed by atoms with E-state index in [1.807, 2.05) is 0 Å². The Labute approximate surface area is 164 Å². The maximum Gasteiger partial charge on any atom is 0.416 e. The second-order valence-electron chi connectivity index (χ2n) is 8.59. The molecule has 0 aromatic heterocycles. The van der Waals surface area contributed by atoms with Gasteiger partial charge in [-0.2, -0.15) is 13.2 Å². The largest absolute Gasteiger partial charge is 0.416 e. The predicted molar refractivity (Wildman–Crippen MR) is 102 cm³/mol. The van der Waals surface area contributed by atoms with Gasteiger partial charge in [0.15, 0.2) is 0 Å². The Kier molecular flexibility index (Phi) is 5.68. The van der Waals surface area contributed by atoms with Crippen LogP contribution in [0.1, 0.15) is 56.1 Å². The van der Waals surface area contributed by atoms with E-state index in [2.05, 4.69) is 9.80 Å². The third-order valence-corrected chi connectivity index (χ3v) is 6.85. The van der Waals surface area contributed by atoms with Gasteiger partial charge in [0.1, 0.15) is 0 Å². The topological polar surface area (TPSA) is 23.6 Å². The summed E-state index contributed by atoms with van der Waals surface area (Å²) in [5, 5.41) is 0. The van der Waals surface area contributed by atoms with Crippen LogP contribution in [0.3, 0.4) is 0 Å². The maximum atomic E-state index is 13.1. The van der Waals surface area contributed by atoms with Gasteiger partial charge >= 0.3 is 6.18 Å². The van der Waals surface area contributed by atoms with Gasteiger partial charge in [-0.05, 0) is 75.2 Å². The highest BCUT2D eigenvalue weighted by Crippen LogP contribution is 2.39. The van der Waals surface area contributed by atoms with Gasteiger partial charge in [-0.1, -0.05) is 18.6 Å². The Bertz CT molecular complexity index is 680. The van der Waals surface area contributed by atoms with Crippen LogP contribution >= 0.6 is 0 Å². The van der Waals surface area contributed by atoms with Crippen LogP contribution in [0.5, 0.6) is 0 Å². The van der Waals surface area contributed by atoms with Gasteiger partial charge in [0.05, 0.1) is 18.0 Å². The van der Waals surface area contributed by atoms with Crippen LogP contribution in [0.2, 0.25) is 0 Å². The summed E-state index contributed by atoms with van der Waals surface area (Å²) in [5.74, 6) is 0.644. The van der Waals surface area contributed by atoms with Crippen LogP contribution in [0.15, 0.2) is 24.3 Å². The number of hydrogen-bond acceptors (Lipinski definition) is 2. The number of benzene rings is 1. The molecule has 0 bridgehead atoms. The molecule has 3 nitrogen and oxygen atoms in total. The molecular weight excluding hydrogens is 365 g/mol. The smallest absolute Gasteiger partial charge is 0.338 e. The number of carbonyl (C=O) groups excluding carboxylic acids is 1. The molecule has 0 N–H and O–H groups in total. The number of nitrogens with zero attached hydrogens (tertiary/aromatic N) is 2. The van der Waals surface area contributed by atoms with Gasteiger partial charge in [0.25, 0.3) is 0 Å². The number of amides is 1. The molecule has 154 valence electrons. The number of rotatable bonds is 3. The maximum absolute atomic E-state index is 13.1. The lowest BCUT2D eigenvalue weighted by molar-refractivity contribution is -0.139. The first kappa shape index (κ1) is 19.7. The van der Waals surface area contributed by atoms with E-state index in [1.165, 1.54) is 44.2 Å². The number of piperidine rings is 1. The molecule has 0 spiro atoms. The molecule has 2 heterocycles. The highest BCUT2D eigenvalue weighted by molar-refractivity contribution is 5.79. The molecule has 1 aromatic carbocycles. The summed E-state index contributed by atoms with van der Waals surface area (Å²) in [6.45, 7) is 3.05. The van der Waals surface area contributed by atoms with Crippen molar-refractivity contribution < 1.29 is 18.0 Å². The van der Waals surface area contributed by atoms with Crippen LogP contribution < -0.4 is 0 Å². The van der Waals surface area contributed by atoms with Crippen molar-refractivity contribution in [3.05, 3.63) is 35.4 Å². The predicted octanol–water partition coefficient (Wildman–Crippen LogP) is 4.50. The number of fused-ring (bicyclic) bond motifs is 1. The Hall–Kier alpha value is -1.56. The highest BCUT2D eigenvalue weighted by Gasteiger charge is 2.44. The Balaban J connectivity index is 1.48. The van der Waals surface area contributed by atoms with E-state index < -0.39 is 11.7 Å². The molecule has 4 rings (SSSR count). The van der Waals surface area contributed by atoms with Gasteiger partial charge in [-0.25, -0.2) is 0 Å². The normalized spacial score (nSPS) is 29.0. The minimum atomic E-state index is -4.34. The molecule has 3 fully saturated rings. The van der Waals surface area contributed by atoms with Gasteiger partial charge in [0, 0.05) is 12.6 Å². The highest BCUT2D eigenvalue weighted by atomic mass is 19.4. The molecule has 2 aliphatic heterocycles. The molecule has 1 amide bonds. The number of hydrogen-bond donors (Lipinski definition) is 0. The summed E-state index contributed by atoms with van der Waals surface area (Å²) in [4.78, 5) is 17.8. The van der Waals surface area contributed by atoms with Crippen LogP contribution in [0.25, 0.3) is 0 Å². The van der Waals surface area contributed by atoms with Crippen molar-refractivity contribution in [1.82, 2.24) is 9.80 Å². The van der Waals surface area contributed by atoms with Crippen molar-refractivity contribution in [3.8, 4) is 0 Å². The van der Waals surface area contributed by atoms with Crippen molar-refractivity contribution in [2.24, 2.45) is 5.92 Å². The zero-order valence-corrected chi connectivity index (χ0v) is 16.3. The van der Waals surface area contributed by atoms with E-state index in [-0.39, 0.29) is 18.4 Å².